The number of amides is 1. The van der Waals surface area contributed by atoms with Crippen LogP contribution in [0.4, 0.5) is 5.69 Å². The van der Waals surface area contributed by atoms with Crippen LogP contribution in [0.15, 0.2) is 42.5 Å². The number of aryl methyl sites for hydroxylation is 1. The number of hydrogen-bond acceptors (Lipinski definition) is 2. The van der Waals surface area contributed by atoms with Crippen LogP contribution in [0.1, 0.15) is 48.3 Å². The van der Waals surface area contributed by atoms with E-state index in [1.54, 1.807) is 0 Å². The molecule has 29 heavy (non-hydrogen) atoms. The Balaban J connectivity index is 1.40. The van der Waals surface area contributed by atoms with Crippen molar-refractivity contribution < 1.29 is 4.79 Å². The van der Waals surface area contributed by atoms with Crippen LogP contribution >= 0.6 is 0 Å². The van der Waals surface area contributed by atoms with E-state index in [2.05, 4.69) is 72.3 Å². The Bertz CT molecular complexity index is 1060. The van der Waals surface area contributed by atoms with Crippen molar-refractivity contribution in [1.29, 1.82) is 0 Å². The van der Waals surface area contributed by atoms with Crippen molar-refractivity contribution in [2.75, 3.05) is 5.32 Å². The number of anilines is 1. The fourth-order valence-corrected chi connectivity index (χ4v) is 4.30. The first kappa shape index (κ1) is 19.4. The summed E-state index contributed by atoms with van der Waals surface area (Å²) in [6.45, 7) is 9.44. The maximum atomic E-state index is 12.6. The number of carbonyl (C=O) groups is 1. The van der Waals surface area contributed by atoms with Crippen LogP contribution in [-0.4, -0.2) is 15.7 Å². The third kappa shape index (κ3) is 3.98. The third-order valence-electron chi connectivity index (χ3n) is 5.75. The molecule has 0 unspecified atom stereocenters. The van der Waals surface area contributed by atoms with Gasteiger partial charge in [-0.05, 0) is 72.6 Å². The molecule has 0 saturated heterocycles. The van der Waals surface area contributed by atoms with Crippen molar-refractivity contribution in [1.82, 2.24) is 9.78 Å². The lowest BCUT2D eigenvalue weighted by molar-refractivity contribution is -0.116. The number of nitrogens with one attached hydrogen (secondary N) is 1. The largest absolute Gasteiger partial charge is 0.326 e. The Morgan fingerprint density at radius 1 is 1.10 bits per heavy atom. The molecule has 0 atom stereocenters. The first-order valence-corrected chi connectivity index (χ1v) is 10.5. The van der Waals surface area contributed by atoms with Gasteiger partial charge in [0, 0.05) is 24.3 Å². The van der Waals surface area contributed by atoms with Crippen molar-refractivity contribution in [2.45, 2.75) is 53.5 Å². The van der Waals surface area contributed by atoms with E-state index < -0.39 is 0 Å². The molecule has 0 bridgehead atoms. The summed E-state index contributed by atoms with van der Waals surface area (Å²) in [5, 5.41) is 7.74. The molecule has 0 fully saturated rings. The quantitative estimate of drug-likeness (QED) is 0.488. The predicted molar refractivity (Wildman–Crippen MR) is 118 cm³/mol. The van der Waals surface area contributed by atoms with Gasteiger partial charge >= 0.3 is 0 Å². The first-order chi connectivity index (χ1) is 13.9. The minimum atomic E-state index is 0.0517. The zero-order chi connectivity index (χ0) is 20.5. The van der Waals surface area contributed by atoms with Gasteiger partial charge in [0.1, 0.15) is 0 Å². The molecule has 1 aromatic heterocycles. The van der Waals surface area contributed by atoms with Crippen LogP contribution in [0.5, 0.6) is 0 Å². The van der Waals surface area contributed by atoms with Gasteiger partial charge in [-0.2, -0.15) is 5.10 Å². The Morgan fingerprint density at radius 2 is 1.86 bits per heavy atom. The molecular weight excluding hydrogens is 358 g/mol. The molecular formula is C25H29N3O. The number of hydrogen-bond donors (Lipinski definition) is 1. The molecule has 2 aromatic carbocycles. The number of fused-ring (bicyclic) bond motifs is 3. The fraction of sp³-hybridized carbons (Fsp3) is 0.360. The molecule has 0 aliphatic heterocycles. The Hall–Kier alpha value is -2.88. The topological polar surface area (TPSA) is 46.9 Å². The number of aromatic nitrogens is 2. The van der Waals surface area contributed by atoms with Gasteiger partial charge in [0.15, 0.2) is 0 Å². The molecule has 1 amide bonds. The molecule has 1 heterocycles. The highest BCUT2D eigenvalue weighted by Crippen LogP contribution is 2.37. The van der Waals surface area contributed by atoms with Gasteiger partial charge in [0.25, 0.3) is 0 Å². The standard InChI is InChI=1S/C25H29N3O/c1-16(2)15-28-18(4)22(17(3)27-28)11-12-25(29)26-21-9-10-24-20(14-21)13-19-7-5-6-8-23(19)24/h5-10,14,16H,11-13,15H2,1-4H3,(H,26,29). The van der Waals surface area contributed by atoms with Crippen LogP contribution < -0.4 is 5.32 Å². The van der Waals surface area contributed by atoms with Gasteiger partial charge in [-0.3, -0.25) is 9.48 Å². The lowest BCUT2D eigenvalue weighted by Gasteiger charge is -2.09. The van der Waals surface area contributed by atoms with E-state index in [4.69, 9.17) is 0 Å². The number of benzene rings is 2. The number of carbonyl (C=O) groups excluding carboxylic acids is 1. The molecule has 1 aliphatic carbocycles. The summed E-state index contributed by atoms with van der Waals surface area (Å²) in [6, 6.07) is 14.8. The maximum Gasteiger partial charge on any atom is 0.224 e. The molecule has 3 aromatic rings. The van der Waals surface area contributed by atoms with Gasteiger partial charge < -0.3 is 5.32 Å². The maximum absolute atomic E-state index is 12.6. The fourth-order valence-electron chi connectivity index (χ4n) is 4.30. The van der Waals surface area contributed by atoms with E-state index in [-0.39, 0.29) is 5.91 Å². The highest BCUT2D eigenvalue weighted by molar-refractivity contribution is 5.92. The minimum absolute atomic E-state index is 0.0517. The first-order valence-electron chi connectivity index (χ1n) is 10.5. The monoisotopic (exact) mass is 387 g/mol. The molecule has 150 valence electrons. The highest BCUT2D eigenvalue weighted by Gasteiger charge is 2.18. The van der Waals surface area contributed by atoms with Gasteiger partial charge in [0.2, 0.25) is 5.91 Å². The van der Waals surface area contributed by atoms with Crippen LogP contribution in [0.2, 0.25) is 0 Å². The van der Waals surface area contributed by atoms with Crippen LogP contribution in [0, 0.1) is 19.8 Å². The zero-order valence-corrected chi connectivity index (χ0v) is 17.7. The van der Waals surface area contributed by atoms with Gasteiger partial charge in [-0.15, -0.1) is 0 Å². The van der Waals surface area contributed by atoms with Crippen molar-refractivity contribution in [3.05, 3.63) is 70.5 Å². The van der Waals surface area contributed by atoms with Crippen molar-refractivity contribution in [2.24, 2.45) is 5.92 Å². The summed E-state index contributed by atoms with van der Waals surface area (Å²) < 4.78 is 2.07. The van der Waals surface area contributed by atoms with Crippen molar-refractivity contribution in [3.8, 4) is 11.1 Å². The van der Waals surface area contributed by atoms with Gasteiger partial charge in [-0.1, -0.05) is 44.2 Å². The van der Waals surface area contributed by atoms with E-state index in [0.717, 1.165) is 30.8 Å². The SMILES string of the molecule is Cc1nn(CC(C)C)c(C)c1CCC(=O)Nc1ccc2c(c1)Cc1ccccc1-2. The van der Waals surface area contributed by atoms with E-state index in [9.17, 15) is 4.79 Å². The highest BCUT2D eigenvalue weighted by atomic mass is 16.1. The molecule has 0 saturated carbocycles. The van der Waals surface area contributed by atoms with Gasteiger partial charge in [-0.25, -0.2) is 0 Å². The molecule has 4 nitrogen and oxygen atoms in total. The van der Waals surface area contributed by atoms with E-state index >= 15 is 0 Å². The molecule has 0 spiro atoms. The molecule has 1 N–H and O–H groups in total. The zero-order valence-electron chi connectivity index (χ0n) is 17.7. The van der Waals surface area contributed by atoms with Gasteiger partial charge in [0.05, 0.1) is 5.69 Å². The Kier molecular flexibility index (Phi) is 5.27. The lowest BCUT2D eigenvalue weighted by atomic mass is 10.1. The number of rotatable bonds is 6. The molecule has 1 aliphatic rings. The van der Waals surface area contributed by atoms with Crippen molar-refractivity contribution in [3.63, 3.8) is 0 Å². The predicted octanol–water partition coefficient (Wildman–Crippen LogP) is 5.30. The summed E-state index contributed by atoms with van der Waals surface area (Å²) in [5.74, 6) is 0.603. The summed E-state index contributed by atoms with van der Waals surface area (Å²) in [4.78, 5) is 12.6. The van der Waals surface area contributed by atoms with E-state index in [1.165, 1.54) is 33.5 Å². The second-order valence-electron chi connectivity index (χ2n) is 8.48. The summed E-state index contributed by atoms with van der Waals surface area (Å²) >= 11 is 0. The molecule has 0 radical (unpaired) electrons. The van der Waals surface area contributed by atoms with Crippen LogP contribution in [0.3, 0.4) is 0 Å². The number of nitrogens with zero attached hydrogens (tertiary/aromatic N) is 2. The Labute approximate surface area is 173 Å². The molecule has 4 heteroatoms. The summed E-state index contributed by atoms with van der Waals surface area (Å²) in [6.07, 6.45) is 2.12. The summed E-state index contributed by atoms with van der Waals surface area (Å²) in [7, 11) is 0. The average Bonchev–Trinajstić information content (AvgIpc) is 3.16. The minimum Gasteiger partial charge on any atom is -0.326 e. The second-order valence-corrected chi connectivity index (χ2v) is 8.48. The Morgan fingerprint density at radius 3 is 2.66 bits per heavy atom. The van der Waals surface area contributed by atoms with E-state index in [1.807, 2.05) is 13.0 Å². The normalized spacial score (nSPS) is 12.2. The average molecular weight is 388 g/mol. The summed E-state index contributed by atoms with van der Waals surface area (Å²) in [5.41, 5.74) is 9.52. The smallest absolute Gasteiger partial charge is 0.224 e. The van der Waals surface area contributed by atoms with Crippen LogP contribution in [0.25, 0.3) is 11.1 Å². The van der Waals surface area contributed by atoms with E-state index in [0.29, 0.717) is 12.3 Å². The third-order valence-corrected chi connectivity index (χ3v) is 5.75. The second kappa shape index (κ2) is 7.86. The van der Waals surface area contributed by atoms with Crippen molar-refractivity contribution >= 4 is 11.6 Å². The van der Waals surface area contributed by atoms with Crippen LogP contribution in [-0.2, 0) is 24.2 Å². The lowest BCUT2D eigenvalue weighted by Crippen LogP contribution is -2.13. The molecule has 4 rings (SSSR count).